The third kappa shape index (κ3) is 5.98. The van der Waals surface area contributed by atoms with Crippen molar-refractivity contribution in [2.75, 3.05) is 26.2 Å². The van der Waals surface area contributed by atoms with E-state index in [0.717, 1.165) is 36.9 Å². The molecule has 1 unspecified atom stereocenters. The van der Waals surface area contributed by atoms with Gasteiger partial charge in [-0.2, -0.15) is 0 Å². The Labute approximate surface area is 134 Å². The summed E-state index contributed by atoms with van der Waals surface area (Å²) in [5.74, 6) is 0.971. The van der Waals surface area contributed by atoms with E-state index in [-0.39, 0.29) is 0 Å². The lowest BCUT2D eigenvalue weighted by molar-refractivity contribution is 0.259. The van der Waals surface area contributed by atoms with Crippen molar-refractivity contribution in [2.24, 2.45) is 5.92 Å². The quantitative estimate of drug-likeness (QED) is 0.684. The number of hydrogen-bond acceptors (Lipinski definition) is 2. The van der Waals surface area contributed by atoms with E-state index in [9.17, 15) is 0 Å². The zero-order chi connectivity index (χ0) is 15.1. The zero-order valence-corrected chi connectivity index (χ0v) is 14.2. The molecule has 0 aromatic heterocycles. The normalized spacial score (nSPS) is 16.4. The summed E-state index contributed by atoms with van der Waals surface area (Å²) in [5.41, 5.74) is 1.32. The van der Waals surface area contributed by atoms with Gasteiger partial charge in [0.2, 0.25) is 0 Å². The maximum Gasteiger partial charge on any atom is 0.0409 e. The molecule has 0 heterocycles. The topological polar surface area (TPSA) is 15.3 Å². The summed E-state index contributed by atoms with van der Waals surface area (Å²) in [6.45, 7) is 9.16. The van der Waals surface area contributed by atoms with Gasteiger partial charge in [0, 0.05) is 17.6 Å². The Morgan fingerprint density at radius 3 is 2.76 bits per heavy atom. The fourth-order valence-corrected chi connectivity index (χ4v) is 2.98. The molecule has 2 rings (SSSR count). The number of benzene rings is 1. The standard InChI is InChI=1S/C18H29ClN2/c1-3-11-20-18(16-6-5-7-17(19)13-16)10-12-21(4-2)14-15-8-9-15/h5-7,13,15,18,20H,3-4,8-12,14H2,1-2H3. The van der Waals surface area contributed by atoms with E-state index in [1.807, 2.05) is 6.07 Å². The van der Waals surface area contributed by atoms with Gasteiger partial charge in [-0.25, -0.2) is 0 Å². The summed E-state index contributed by atoms with van der Waals surface area (Å²) < 4.78 is 0. The second kappa shape index (κ2) is 8.77. The maximum atomic E-state index is 6.15. The maximum absolute atomic E-state index is 6.15. The third-order valence-electron chi connectivity index (χ3n) is 4.29. The monoisotopic (exact) mass is 308 g/mol. The second-order valence-electron chi connectivity index (χ2n) is 6.19. The molecule has 0 bridgehead atoms. The van der Waals surface area contributed by atoms with Crippen LogP contribution in [0.4, 0.5) is 0 Å². The van der Waals surface area contributed by atoms with Crippen LogP contribution in [0.15, 0.2) is 24.3 Å². The fraction of sp³-hybridized carbons (Fsp3) is 0.667. The molecule has 1 N–H and O–H groups in total. The number of nitrogens with zero attached hydrogens (tertiary/aromatic N) is 1. The average molecular weight is 309 g/mol. The predicted octanol–water partition coefficient (Wildman–Crippen LogP) is 4.50. The van der Waals surface area contributed by atoms with E-state index in [2.05, 4.69) is 42.3 Å². The first-order valence-corrected chi connectivity index (χ1v) is 8.82. The van der Waals surface area contributed by atoms with Crippen LogP contribution in [0, 0.1) is 5.92 Å². The highest BCUT2D eigenvalue weighted by Crippen LogP contribution is 2.30. The third-order valence-corrected chi connectivity index (χ3v) is 4.52. The first-order chi connectivity index (χ1) is 10.2. The Kier molecular flexibility index (Phi) is 7.01. The number of rotatable bonds is 10. The fourth-order valence-electron chi connectivity index (χ4n) is 2.78. The van der Waals surface area contributed by atoms with Crippen molar-refractivity contribution >= 4 is 11.6 Å². The molecule has 118 valence electrons. The summed E-state index contributed by atoms with van der Waals surface area (Å²) in [6, 6.07) is 8.72. The first-order valence-electron chi connectivity index (χ1n) is 8.44. The molecular weight excluding hydrogens is 280 g/mol. The van der Waals surface area contributed by atoms with Gasteiger partial charge >= 0.3 is 0 Å². The van der Waals surface area contributed by atoms with Crippen molar-refractivity contribution in [1.82, 2.24) is 10.2 Å². The van der Waals surface area contributed by atoms with Gasteiger partial charge in [0.05, 0.1) is 0 Å². The molecule has 0 amide bonds. The van der Waals surface area contributed by atoms with E-state index < -0.39 is 0 Å². The van der Waals surface area contributed by atoms with Gasteiger partial charge in [0.25, 0.3) is 0 Å². The lowest BCUT2D eigenvalue weighted by Gasteiger charge is -2.25. The lowest BCUT2D eigenvalue weighted by Crippen LogP contribution is -2.31. The highest BCUT2D eigenvalue weighted by molar-refractivity contribution is 6.30. The molecule has 1 fully saturated rings. The van der Waals surface area contributed by atoms with E-state index in [4.69, 9.17) is 11.6 Å². The average Bonchev–Trinajstić information content (AvgIpc) is 3.30. The van der Waals surface area contributed by atoms with Crippen LogP contribution in [0.25, 0.3) is 0 Å². The minimum atomic E-state index is 0.414. The van der Waals surface area contributed by atoms with Crippen LogP contribution in [-0.2, 0) is 0 Å². The van der Waals surface area contributed by atoms with Crippen molar-refractivity contribution in [3.05, 3.63) is 34.9 Å². The van der Waals surface area contributed by atoms with Gasteiger partial charge < -0.3 is 10.2 Å². The SMILES string of the molecule is CCCNC(CCN(CC)CC1CC1)c1cccc(Cl)c1. The molecule has 1 atom stereocenters. The molecule has 21 heavy (non-hydrogen) atoms. The molecular formula is C18H29ClN2. The largest absolute Gasteiger partial charge is 0.310 e. The summed E-state index contributed by atoms with van der Waals surface area (Å²) in [5, 5.41) is 4.51. The Hall–Kier alpha value is -0.570. The van der Waals surface area contributed by atoms with Crippen molar-refractivity contribution in [3.63, 3.8) is 0 Å². The van der Waals surface area contributed by atoms with Crippen molar-refractivity contribution in [1.29, 1.82) is 0 Å². The Morgan fingerprint density at radius 1 is 1.33 bits per heavy atom. The van der Waals surface area contributed by atoms with Crippen molar-refractivity contribution in [3.8, 4) is 0 Å². The molecule has 1 aliphatic rings. The molecule has 3 heteroatoms. The Balaban J connectivity index is 1.91. The summed E-state index contributed by atoms with van der Waals surface area (Å²) in [7, 11) is 0. The molecule has 0 radical (unpaired) electrons. The first kappa shape index (κ1) is 16.8. The summed E-state index contributed by atoms with van der Waals surface area (Å²) in [6.07, 6.45) is 5.18. The molecule has 2 nitrogen and oxygen atoms in total. The molecule has 1 aromatic carbocycles. The molecule has 1 aromatic rings. The van der Waals surface area contributed by atoms with Crippen molar-refractivity contribution in [2.45, 2.75) is 45.6 Å². The van der Waals surface area contributed by atoms with E-state index in [0.29, 0.717) is 6.04 Å². The molecule has 1 saturated carbocycles. The van der Waals surface area contributed by atoms with Crippen LogP contribution in [0.2, 0.25) is 5.02 Å². The van der Waals surface area contributed by atoms with Crippen molar-refractivity contribution < 1.29 is 0 Å². The smallest absolute Gasteiger partial charge is 0.0409 e. The van der Waals surface area contributed by atoms with Crippen LogP contribution in [-0.4, -0.2) is 31.1 Å². The number of halogens is 1. The van der Waals surface area contributed by atoms with Gasteiger partial charge in [-0.15, -0.1) is 0 Å². The second-order valence-corrected chi connectivity index (χ2v) is 6.62. The molecule has 1 aliphatic carbocycles. The Bertz CT molecular complexity index is 417. The molecule has 0 spiro atoms. The predicted molar refractivity (Wildman–Crippen MR) is 91.9 cm³/mol. The van der Waals surface area contributed by atoms with E-state index in [1.165, 1.54) is 31.5 Å². The Morgan fingerprint density at radius 2 is 2.14 bits per heavy atom. The van der Waals surface area contributed by atoms with Crippen LogP contribution in [0.5, 0.6) is 0 Å². The van der Waals surface area contributed by atoms with Crippen LogP contribution in [0.3, 0.4) is 0 Å². The summed E-state index contributed by atoms with van der Waals surface area (Å²) in [4.78, 5) is 2.60. The number of nitrogens with one attached hydrogen (secondary N) is 1. The molecule has 0 saturated heterocycles. The minimum absolute atomic E-state index is 0.414. The highest BCUT2D eigenvalue weighted by atomic mass is 35.5. The summed E-state index contributed by atoms with van der Waals surface area (Å²) >= 11 is 6.15. The number of hydrogen-bond donors (Lipinski definition) is 1. The van der Waals surface area contributed by atoms with Gasteiger partial charge in [0.1, 0.15) is 0 Å². The minimum Gasteiger partial charge on any atom is -0.310 e. The van der Waals surface area contributed by atoms with Crippen LogP contribution >= 0.6 is 11.6 Å². The lowest BCUT2D eigenvalue weighted by atomic mass is 10.0. The van der Waals surface area contributed by atoms with E-state index in [1.54, 1.807) is 0 Å². The van der Waals surface area contributed by atoms with Gasteiger partial charge in [-0.3, -0.25) is 0 Å². The van der Waals surface area contributed by atoms with Gasteiger partial charge in [-0.1, -0.05) is 37.6 Å². The van der Waals surface area contributed by atoms with E-state index >= 15 is 0 Å². The van der Waals surface area contributed by atoms with Gasteiger partial charge in [0.15, 0.2) is 0 Å². The van der Waals surface area contributed by atoms with Crippen LogP contribution in [0.1, 0.15) is 51.1 Å². The van der Waals surface area contributed by atoms with Crippen LogP contribution < -0.4 is 5.32 Å². The molecule has 0 aliphatic heterocycles. The zero-order valence-electron chi connectivity index (χ0n) is 13.4. The van der Waals surface area contributed by atoms with Gasteiger partial charge in [-0.05, 0) is 68.9 Å². The highest BCUT2D eigenvalue weighted by Gasteiger charge is 2.24.